The van der Waals surface area contributed by atoms with Crippen molar-refractivity contribution in [2.24, 2.45) is 11.8 Å². The van der Waals surface area contributed by atoms with E-state index in [2.05, 4.69) is 5.32 Å². The monoisotopic (exact) mass is 336 g/mol. The van der Waals surface area contributed by atoms with Gasteiger partial charge in [-0.3, -0.25) is 4.79 Å². The number of aryl methyl sites for hydroxylation is 1. The molecule has 1 N–H and O–H groups in total. The highest BCUT2D eigenvalue weighted by atomic mass is 32.2. The van der Waals surface area contributed by atoms with E-state index in [1.807, 2.05) is 30.3 Å². The van der Waals surface area contributed by atoms with E-state index in [0.717, 1.165) is 25.1 Å². The second-order valence-corrected chi connectivity index (χ2v) is 8.84. The van der Waals surface area contributed by atoms with Crippen molar-refractivity contribution in [1.29, 1.82) is 0 Å². The highest BCUT2D eigenvalue weighted by molar-refractivity contribution is 7.92. The van der Waals surface area contributed by atoms with E-state index in [1.165, 1.54) is 0 Å². The van der Waals surface area contributed by atoms with E-state index in [1.54, 1.807) is 4.90 Å². The van der Waals surface area contributed by atoms with Gasteiger partial charge in [0.25, 0.3) is 0 Å². The van der Waals surface area contributed by atoms with Crippen molar-refractivity contribution in [1.82, 2.24) is 10.2 Å². The fourth-order valence-electron chi connectivity index (χ4n) is 3.55. The van der Waals surface area contributed by atoms with Gasteiger partial charge in [-0.2, -0.15) is 0 Å². The van der Waals surface area contributed by atoms with Crippen molar-refractivity contribution in [3.05, 3.63) is 35.9 Å². The van der Waals surface area contributed by atoms with Crippen molar-refractivity contribution in [3.63, 3.8) is 0 Å². The van der Waals surface area contributed by atoms with Crippen LogP contribution in [0.4, 0.5) is 0 Å². The molecule has 5 nitrogen and oxygen atoms in total. The molecule has 0 aromatic heterocycles. The maximum Gasteiger partial charge on any atom is 0.237 e. The van der Waals surface area contributed by atoms with Gasteiger partial charge < -0.3 is 10.2 Å². The quantitative estimate of drug-likeness (QED) is 0.831. The van der Waals surface area contributed by atoms with E-state index >= 15 is 0 Å². The Morgan fingerprint density at radius 3 is 2.43 bits per heavy atom. The number of benzene rings is 1. The van der Waals surface area contributed by atoms with Crippen LogP contribution in [0.3, 0.4) is 0 Å². The molecule has 0 unspecified atom stereocenters. The summed E-state index contributed by atoms with van der Waals surface area (Å²) in [5, 5.41) is 3.32. The highest BCUT2D eigenvalue weighted by Gasteiger charge is 2.38. The molecule has 1 amide bonds. The third kappa shape index (κ3) is 4.32. The van der Waals surface area contributed by atoms with Crippen LogP contribution in [0.1, 0.15) is 12.0 Å². The summed E-state index contributed by atoms with van der Waals surface area (Å²) < 4.78 is 24.3. The van der Waals surface area contributed by atoms with Gasteiger partial charge in [0.2, 0.25) is 5.91 Å². The summed E-state index contributed by atoms with van der Waals surface area (Å²) in [4.78, 5) is 14.0. The van der Waals surface area contributed by atoms with Gasteiger partial charge in [-0.1, -0.05) is 30.3 Å². The molecule has 1 aromatic rings. The van der Waals surface area contributed by atoms with Gasteiger partial charge in [-0.05, 0) is 30.2 Å². The average Bonchev–Trinajstić information content (AvgIpc) is 3.09. The summed E-state index contributed by atoms with van der Waals surface area (Å²) in [6, 6.07) is 9.84. The molecule has 2 aliphatic heterocycles. The maximum absolute atomic E-state index is 12.3. The molecule has 2 saturated heterocycles. The van der Waals surface area contributed by atoms with Gasteiger partial charge in [-0.25, -0.2) is 8.42 Å². The summed E-state index contributed by atoms with van der Waals surface area (Å²) in [7, 11) is -3.32. The molecule has 3 rings (SSSR count). The predicted molar refractivity (Wildman–Crippen MR) is 89.8 cm³/mol. The molecule has 2 aliphatic rings. The molecule has 2 atom stereocenters. The lowest BCUT2D eigenvalue weighted by molar-refractivity contribution is -0.127. The van der Waals surface area contributed by atoms with Crippen LogP contribution < -0.4 is 5.32 Å². The van der Waals surface area contributed by atoms with Gasteiger partial charge in [0.05, 0.1) is 5.75 Å². The summed E-state index contributed by atoms with van der Waals surface area (Å²) in [6.07, 6.45) is 1.29. The van der Waals surface area contributed by atoms with Crippen LogP contribution in [-0.4, -0.2) is 56.9 Å². The number of fused-ring (bicyclic) bond motifs is 1. The maximum atomic E-state index is 12.3. The fourth-order valence-corrected chi connectivity index (χ4v) is 4.84. The van der Waals surface area contributed by atoms with Crippen LogP contribution in [0.25, 0.3) is 0 Å². The van der Waals surface area contributed by atoms with Crippen molar-refractivity contribution in [2.75, 3.05) is 37.7 Å². The second kappa shape index (κ2) is 7.01. The molecule has 0 aliphatic carbocycles. The fraction of sp³-hybridized carbons (Fsp3) is 0.588. The van der Waals surface area contributed by atoms with Crippen LogP contribution in [0.5, 0.6) is 0 Å². The second-order valence-electron chi connectivity index (χ2n) is 6.66. The van der Waals surface area contributed by atoms with Crippen LogP contribution in [-0.2, 0) is 21.1 Å². The van der Waals surface area contributed by atoms with Crippen molar-refractivity contribution in [2.45, 2.75) is 12.8 Å². The molecule has 0 bridgehead atoms. The number of hydrogen-bond acceptors (Lipinski definition) is 4. The Bertz CT molecular complexity index is 633. The minimum Gasteiger partial charge on any atom is -0.341 e. The average molecular weight is 336 g/mol. The smallest absolute Gasteiger partial charge is 0.237 e. The molecular weight excluding hydrogens is 312 g/mol. The molecular formula is C17H24N2O3S. The lowest BCUT2D eigenvalue weighted by Gasteiger charge is -2.17. The first-order valence-corrected chi connectivity index (χ1v) is 10.1. The third-order valence-corrected chi connectivity index (χ3v) is 6.45. The van der Waals surface area contributed by atoms with Crippen molar-refractivity contribution >= 4 is 15.7 Å². The summed E-state index contributed by atoms with van der Waals surface area (Å²) in [6.45, 7) is 3.29. The number of nitrogens with zero attached hydrogens (tertiary/aromatic N) is 1. The van der Waals surface area contributed by atoms with Crippen LogP contribution >= 0.6 is 0 Å². The van der Waals surface area contributed by atoms with E-state index in [4.69, 9.17) is 0 Å². The zero-order valence-corrected chi connectivity index (χ0v) is 14.1. The van der Waals surface area contributed by atoms with E-state index < -0.39 is 9.84 Å². The Balaban J connectivity index is 1.45. The SMILES string of the molecule is O=C(CS(=O)(=O)CCCc1ccccc1)N1C[C@H]2CNC[C@H]2C1. The molecule has 6 heteroatoms. The summed E-state index contributed by atoms with van der Waals surface area (Å²) >= 11 is 0. The molecule has 2 fully saturated rings. The lowest BCUT2D eigenvalue weighted by atomic mass is 10.0. The number of rotatable bonds is 6. The normalized spacial score (nSPS) is 23.9. The van der Waals surface area contributed by atoms with Gasteiger partial charge in [-0.15, -0.1) is 0 Å². The Hall–Kier alpha value is -1.40. The zero-order valence-electron chi connectivity index (χ0n) is 13.3. The summed E-state index contributed by atoms with van der Waals surface area (Å²) in [5.74, 6) is 0.517. The van der Waals surface area contributed by atoms with Gasteiger partial charge in [0.15, 0.2) is 9.84 Å². The molecule has 0 spiro atoms. The first kappa shape index (κ1) is 16.5. The van der Waals surface area contributed by atoms with Gasteiger partial charge in [0.1, 0.15) is 5.75 Å². The van der Waals surface area contributed by atoms with Crippen molar-refractivity contribution < 1.29 is 13.2 Å². The predicted octanol–water partition coefficient (Wildman–Crippen LogP) is 0.712. The van der Waals surface area contributed by atoms with Crippen LogP contribution in [0.2, 0.25) is 0 Å². The molecule has 23 heavy (non-hydrogen) atoms. The Morgan fingerprint density at radius 2 is 1.78 bits per heavy atom. The number of carbonyl (C=O) groups excluding carboxylic acids is 1. The van der Waals surface area contributed by atoms with E-state index in [-0.39, 0.29) is 17.4 Å². The summed E-state index contributed by atoms with van der Waals surface area (Å²) in [5.41, 5.74) is 1.13. The topological polar surface area (TPSA) is 66.5 Å². The zero-order chi connectivity index (χ0) is 16.3. The van der Waals surface area contributed by atoms with E-state index in [0.29, 0.717) is 31.3 Å². The Labute approximate surface area is 138 Å². The number of sulfone groups is 1. The van der Waals surface area contributed by atoms with Crippen molar-refractivity contribution in [3.8, 4) is 0 Å². The number of carbonyl (C=O) groups is 1. The Kier molecular flexibility index (Phi) is 5.02. The lowest BCUT2D eigenvalue weighted by Crippen LogP contribution is -2.36. The largest absolute Gasteiger partial charge is 0.341 e. The van der Waals surface area contributed by atoms with Crippen LogP contribution in [0.15, 0.2) is 30.3 Å². The first-order chi connectivity index (χ1) is 11.0. The van der Waals surface area contributed by atoms with Gasteiger partial charge >= 0.3 is 0 Å². The van der Waals surface area contributed by atoms with Crippen LogP contribution in [0, 0.1) is 11.8 Å². The molecule has 126 valence electrons. The van der Waals surface area contributed by atoms with E-state index in [9.17, 15) is 13.2 Å². The molecule has 1 aromatic carbocycles. The molecule has 0 radical (unpaired) electrons. The number of nitrogens with one attached hydrogen (secondary N) is 1. The minimum atomic E-state index is -3.32. The standard InChI is InChI=1S/C17H24N2O3S/c20-17(19-11-15-9-18-10-16(15)12-19)13-23(21,22)8-4-7-14-5-2-1-3-6-14/h1-3,5-6,15-16,18H,4,7-13H2/t15-,16+. The Morgan fingerprint density at radius 1 is 1.13 bits per heavy atom. The first-order valence-electron chi connectivity index (χ1n) is 8.26. The van der Waals surface area contributed by atoms with Gasteiger partial charge in [0, 0.05) is 26.2 Å². The number of amides is 1. The third-order valence-electron chi connectivity index (χ3n) is 4.85. The molecule has 2 heterocycles. The number of likely N-dealkylation sites (tertiary alicyclic amines) is 1. The highest BCUT2D eigenvalue weighted by Crippen LogP contribution is 2.26. The number of hydrogen-bond donors (Lipinski definition) is 1. The minimum absolute atomic E-state index is 0.0793. The molecule has 0 saturated carbocycles.